The van der Waals surface area contributed by atoms with Crippen molar-refractivity contribution in [2.75, 3.05) is 13.2 Å². The number of pyridine rings is 1. The molecule has 0 bridgehead atoms. The van der Waals surface area contributed by atoms with Gasteiger partial charge in [0.2, 0.25) is 5.91 Å². The molecule has 0 aliphatic carbocycles. The van der Waals surface area contributed by atoms with Crippen LogP contribution < -0.4 is 10.0 Å². The van der Waals surface area contributed by atoms with Gasteiger partial charge in [0.15, 0.2) is 12.4 Å². The lowest BCUT2D eigenvalue weighted by molar-refractivity contribution is -0.605. The van der Waals surface area contributed by atoms with Gasteiger partial charge in [0, 0.05) is 31.0 Å². The quantitative estimate of drug-likeness (QED) is 0.218. The summed E-state index contributed by atoms with van der Waals surface area (Å²) in [6, 6.07) is 13.4. The molecule has 0 aliphatic heterocycles. The third kappa shape index (κ3) is 8.78. The number of aromatic nitrogens is 1. The average Bonchev–Trinajstić information content (AvgIpc) is 2.85. The molecule has 0 saturated heterocycles. The predicted octanol–water partition coefficient (Wildman–Crippen LogP) is 5.41. The second-order valence-corrected chi connectivity index (χ2v) is 8.41. The molecule has 3 rings (SSSR count). The summed E-state index contributed by atoms with van der Waals surface area (Å²) in [4.78, 5) is 12.3. The number of carbonyl (C=O) groups is 1. The van der Waals surface area contributed by atoms with E-state index in [1.54, 1.807) is 42.5 Å². The first-order chi connectivity index (χ1) is 17.4. The molecule has 5 nitrogen and oxygen atoms in total. The molecule has 1 N–H and O–H groups in total. The lowest BCUT2D eigenvalue weighted by atomic mass is 9.99. The first-order valence-electron chi connectivity index (χ1n) is 11.3. The highest BCUT2D eigenvalue weighted by molar-refractivity contribution is 5.76. The van der Waals surface area contributed by atoms with Crippen LogP contribution >= 0.6 is 0 Å². The van der Waals surface area contributed by atoms with Crippen molar-refractivity contribution in [1.82, 2.24) is 5.32 Å². The molecule has 37 heavy (non-hydrogen) atoms. The van der Waals surface area contributed by atoms with E-state index in [9.17, 15) is 36.3 Å². The molecule has 1 unspecified atom stereocenters. The van der Waals surface area contributed by atoms with Crippen LogP contribution in [0.15, 0.2) is 73.1 Å². The van der Waals surface area contributed by atoms with Crippen molar-refractivity contribution in [3.8, 4) is 0 Å². The highest BCUT2D eigenvalue weighted by atomic mass is 19.4. The number of ether oxygens (including phenoxy) is 1. The number of halogens is 6. The molecule has 1 amide bonds. The molecular weight excluding hydrogens is 502 g/mol. The van der Waals surface area contributed by atoms with Crippen molar-refractivity contribution >= 4 is 5.91 Å². The van der Waals surface area contributed by atoms with Crippen LogP contribution in [-0.4, -0.2) is 19.1 Å². The molecule has 0 saturated carbocycles. The smallest absolute Gasteiger partial charge is 0.416 e. The zero-order valence-corrected chi connectivity index (χ0v) is 19.5. The Labute approximate surface area is 209 Å². The molecule has 0 fully saturated rings. The predicted molar refractivity (Wildman–Crippen MR) is 122 cm³/mol. The van der Waals surface area contributed by atoms with E-state index < -0.39 is 36.0 Å². The van der Waals surface area contributed by atoms with Gasteiger partial charge in [-0.15, -0.1) is 0 Å². The lowest BCUT2D eigenvalue weighted by Crippen LogP contribution is -2.30. The standard InChI is InChI=1S/C26H24F6N2O3/c27-25(28,29)22-12-19(13-23(14-22)26(30,31)32)16-37-17-21(20-4-2-1-3-5-20)15-33-24(35)7-6-18-8-10-34(36)11-9-18/h1-5,8-14,21H,6-7,15-17H2,(H,33,35). The van der Waals surface area contributed by atoms with Gasteiger partial charge in [-0.2, -0.15) is 31.1 Å². The maximum absolute atomic E-state index is 13.1. The minimum Gasteiger partial charge on any atom is -0.619 e. The number of nitrogens with zero attached hydrogens (tertiary/aromatic N) is 1. The first kappa shape index (κ1) is 28.0. The number of rotatable bonds is 10. The van der Waals surface area contributed by atoms with Crippen LogP contribution in [0.25, 0.3) is 0 Å². The Morgan fingerprint density at radius 3 is 2.05 bits per heavy atom. The fraction of sp³-hybridized carbons (Fsp3) is 0.308. The molecule has 0 radical (unpaired) electrons. The number of alkyl halides is 6. The van der Waals surface area contributed by atoms with Crippen molar-refractivity contribution < 1.29 is 40.6 Å². The molecule has 1 atom stereocenters. The fourth-order valence-corrected chi connectivity index (χ4v) is 3.61. The van der Waals surface area contributed by atoms with Crippen LogP contribution in [0.4, 0.5) is 26.3 Å². The molecule has 1 aromatic heterocycles. The van der Waals surface area contributed by atoms with Crippen molar-refractivity contribution in [3.63, 3.8) is 0 Å². The van der Waals surface area contributed by atoms with Gasteiger partial charge in [0.05, 0.1) is 24.3 Å². The lowest BCUT2D eigenvalue weighted by Gasteiger charge is -2.19. The monoisotopic (exact) mass is 526 g/mol. The van der Waals surface area contributed by atoms with Crippen LogP contribution in [0, 0.1) is 5.21 Å². The number of nitrogens with one attached hydrogen (secondary N) is 1. The van der Waals surface area contributed by atoms with E-state index in [-0.39, 0.29) is 37.1 Å². The van der Waals surface area contributed by atoms with Crippen molar-refractivity contribution in [2.24, 2.45) is 0 Å². The van der Waals surface area contributed by atoms with Crippen molar-refractivity contribution in [1.29, 1.82) is 0 Å². The van der Waals surface area contributed by atoms with E-state index >= 15 is 0 Å². The normalized spacial score (nSPS) is 12.8. The van der Waals surface area contributed by atoms with Crippen LogP contribution in [0.3, 0.4) is 0 Å². The summed E-state index contributed by atoms with van der Waals surface area (Å²) in [7, 11) is 0. The highest BCUT2D eigenvalue weighted by Gasteiger charge is 2.36. The molecular formula is C26H24F6N2O3. The number of carbonyl (C=O) groups excluding carboxylic acids is 1. The largest absolute Gasteiger partial charge is 0.619 e. The summed E-state index contributed by atoms with van der Waals surface area (Å²) in [5.74, 6) is -0.651. The minimum absolute atomic E-state index is 0.0515. The summed E-state index contributed by atoms with van der Waals surface area (Å²) < 4.78 is 84.8. The highest BCUT2D eigenvalue weighted by Crippen LogP contribution is 2.36. The summed E-state index contributed by atoms with van der Waals surface area (Å²) in [6.45, 7) is -0.378. The van der Waals surface area contributed by atoms with Crippen LogP contribution in [0.5, 0.6) is 0 Å². The Morgan fingerprint density at radius 1 is 0.892 bits per heavy atom. The second-order valence-electron chi connectivity index (χ2n) is 8.41. The Hall–Kier alpha value is -3.60. The van der Waals surface area contributed by atoms with Gasteiger partial charge >= 0.3 is 12.4 Å². The third-order valence-electron chi connectivity index (χ3n) is 5.56. The average molecular weight is 526 g/mol. The Kier molecular flexibility index (Phi) is 9.14. The van der Waals surface area contributed by atoms with E-state index in [1.165, 1.54) is 12.4 Å². The first-order valence-corrected chi connectivity index (χ1v) is 11.3. The van der Waals surface area contributed by atoms with Crippen LogP contribution in [0.1, 0.15) is 40.2 Å². The SMILES string of the molecule is O=C(CCc1cc[n+]([O-])cc1)NCC(COCc1cc(C(F)(F)F)cc(C(F)(F)F)c1)c1ccccc1. The van der Waals surface area contributed by atoms with E-state index in [0.717, 1.165) is 11.1 Å². The second kappa shape index (κ2) is 12.1. The molecule has 198 valence electrons. The van der Waals surface area contributed by atoms with Crippen LogP contribution in [-0.2, 0) is 34.9 Å². The van der Waals surface area contributed by atoms with Crippen LogP contribution in [0.2, 0.25) is 0 Å². The van der Waals surface area contributed by atoms with E-state index in [2.05, 4.69) is 5.32 Å². The minimum atomic E-state index is -4.94. The molecule has 11 heteroatoms. The summed E-state index contributed by atoms with van der Waals surface area (Å²) in [5.41, 5.74) is -1.48. The van der Waals surface area contributed by atoms with E-state index in [4.69, 9.17) is 4.74 Å². The fourth-order valence-electron chi connectivity index (χ4n) is 3.61. The summed E-state index contributed by atoms with van der Waals surface area (Å²) >= 11 is 0. The van der Waals surface area contributed by atoms with Gasteiger partial charge in [-0.1, -0.05) is 30.3 Å². The van der Waals surface area contributed by atoms with Crippen molar-refractivity contribution in [2.45, 2.75) is 37.7 Å². The van der Waals surface area contributed by atoms with Gasteiger partial charge in [0.1, 0.15) is 0 Å². The maximum atomic E-state index is 13.1. The third-order valence-corrected chi connectivity index (χ3v) is 5.56. The van der Waals surface area contributed by atoms with Crippen molar-refractivity contribution in [3.05, 3.63) is 106 Å². The van der Waals surface area contributed by atoms with Gasteiger partial charge in [-0.25, -0.2) is 0 Å². The number of hydrogen-bond donors (Lipinski definition) is 1. The Bertz CT molecular complexity index is 1130. The van der Waals surface area contributed by atoms with E-state index in [0.29, 0.717) is 23.3 Å². The molecule has 1 heterocycles. The number of aryl methyl sites for hydroxylation is 1. The van der Waals surface area contributed by atoms with Gasteiger partial charge in [-0.3, -0.25) is 4.79 Å². The Balaban J connectivity index is 1.63. The zero-order chi connectivity index (χ0) is 27.1. The zero-order valence-electron chi connectivity index (χ0n) is 19.5. The Morgan fingerprint density at radius 2 is 1.49 bits per heavy atom. The maximum Gasteiger partial charge on any atom is 0.416 e. The van der Waals surface area contributed by atoms with Gasteiger partial charge < -0.3 is 15.3 Å². The topological polar surface area (TPSA) is 65.3 Å². The number of hydrogen-bond acceptors (Lipinski definition) is 3. The van der Waals surface area contributed by atoms with E-state index in [1.807, 2.05) is 0 Å². The molecule has 0 aliphatic rings. The van der Waals surface area contributed by atoms with Gasteiger partial charge in [-0.05, 0) is 41.3 Å². The van der Waals surface area contributed by atoms with Gasteiger partial charge in [0.25, 0.3) is 0 Å². The number of benzene rings is 2. The molecule has 3 aromatic rings. The summed E-state index contributed by atoms with van der Waals surface area (Å²) in [6.07, 6.45) is -6.65. The summed E-state index contributed by atoms with van der Waals surface area (Å²) in [5, 5.41) is 13.9. The molecule has 2 aromatic carbocycles. The molecule has 0 spiro atoms. The number of amides is 1.